The van der Waals surface area contributed by atoms with E-state index in [1.54, 1.807) is 0 Å². The minimum Gasteiger partial charge on any atom is -0.393 e. The fourth-order valence-corrected chi connectivity index (χ4v) is 1.06. The highest BCUT2D eigenvalue weighted by Crippen LogP contribution is 2.22. The highest BCUT2D eigenvalue weighted by Gasteiger charge is 2.12. The third-order valence-corrected chi connectivity index (χ3v) is 1.67. The largest absolute Gasteiger partial charge is 0.393 e. The van der Waals surface area contributed by atoms with E-state index in [1.165, 1.54) is 18.2 Å². The number of hydrogen-bond donors (Lipinski definition) is 2. The first-order valence-corrected chi connectivity index (χ1v) is 3.82. The second-order valence-electron chi connectivity index (χ2n) is 2.79. The van der Waals surface area contributed by atoms with E-state index in [2.05, 4.69) is 0 Å². The molecule has 0 unspecified atom stereocenters. The van der Waals surface area contributed by atoms with Crippen molar-refractivity contribution < 1.29 is 9.72 Å². The molecule has 0 saturated carbocycles. The van der Waals surface area contributed by atoms with Crippen molar-refractivity contribution >= 4 is 17.3 Å². The van der Waals surface area contributed by atoms with Gasteiger partial charge in [0.05, 0.1) is 11.3 Å². The van der Waals surface area contributed by atoms with Crippen molar-refractivity contribution in [3.63, 3.8) is 0 Å². The average molecular weight is 195 g/mol. The van der Waals surface area contributed by atoms with Crippen LogP contribution in [0.3, 0.4) is 0 Å². The molecule has 0 aromatic heterocycles. The van der Waals surface area contributed by atoms with Crippen LogP contribution in [0.5, 0.6) is 0 Å². The SMILES string of the molecule is NC(=O)Cc1ccc(N)c([N+](=O)[O-])c1. The van der Waals surface area contributed by atoms with E-state index in [-0.39, 0.29) is 17.8 Å². The van der Waals surface area contributed by atoms with Crippen LogP contribution in [0.15, 0.2) is 18.2 Å². The number of primary amides is 1. The summed E-state index contributed by atoms with van der Waals surface area (Å²) in [6.45, 7) is 0. The molecule has 0 atom stereocenters. The van der Waals surface area contributed by atoms with Crippen LogP contribution >= 0.6 is 0 Å². The zero-order chi connectivity index (χ0) is 10.7. The van der Waals surface area contributed by atoms with Crippen molar-refractivity contribution in [2.75, 3.05) is 5.73 Å². The van der Waals surface area contributed by atoms with Gasteiger partial charge in [-0.15, -0.1) is 0 Å². The zero-order valence-corrected chi connectivity index (χ0v) is 7.27. The van der Waals surface area contributed by atoms with Gasteiger partial charge in [0.15, 0.2) is 0 Å². The molecule has 1 rings (SSSR count). The van der Waals surface area contributed by atoms with Gasteiger partial charge < -0.3 is 11.5 Å². The number of carbonyl (C=O) groups is 1. The summed E-state index contributed by atoms with van der Waals surface area (Å²) < 4.78 is 0. The van der Waals surface area contributed by atoms with Gasteiger partial charge in [0, 0.05) is 6.07 Å². The number of hydrogen-bond acceptors (Lipinski definition) is 4. The Labute approximate surface area is 79.7 Å². The number of amides is 1. The number of rotatable bonds is 3. The van der Waals surface area contributed by atoms with Gasteiger partial charge >= 0.3 is 0 Å². The van der Waals surface area contributed by atoms with E-state index < -0.39 is 10.8 Å². The predicted molar refractivity (Wildman–Crippen MR) is 50.4 cm³/mol. The monoisotopic (exact) mass is 195 g/mol. The summed E-state index contributed by atoms with van der Waals surface area (Å²) >= 11 is 0. The molecule has 0 saturated heterocycles. The molecule has 1 aromatic carbocycles. The summed E-state index contributed by atoms with van der Waals surface area (Å²) in [5.74, 6) is -0.538. The Kier molecular flexibility index (Phi) is 2.66. The molecular weight excluding hydrogens is 186 g/mol. The van der Waals surface area contributed by atoms with Gasteiger partial charge in [-0.3, -0.25) is 14.9 Å². The van der Waals surface area contributed by atoms with Crippen LogP contribution in [0.25, 0.3) is 0 Å². The second kappa shape index (κ2) is 3.73. The van der Waals surface area contributed by atoms with Gasteiger partial charge in [0.1, 0.15) is 5.69 Å². The highest BCUT2D eigenvalue weighted by molar-refractivity contribution is 5.77. The zero-order valence-electron chi connectivity index (χ0n) is 7.27. The van der Waals surface area contributed by atoms with Crippen LogP contribution < -0.4 is 11.5 Å². The van der Waals surface area contributed by atoms with E-state index in [1.807, 2.05) is 0 Å². The first-order chi connectivity index (χ1) is 6.50. The summed E-state index contributed by atoms with van der Waals surface area (Å²) in [4.78, 5) is 20.4. The second-order valence-corrected chi connectivity index (χ2v) is 2.79. The van der Waals surface area contributed by atoms with Crippen molar-refractivity contribution in [1.82, 2.24) is 0 Å². The van der Waals surface area contributed by atoms with Gasteiger partial charge in [-0.1, -0.05) is 6.07 Å². The topological polar surface area (TPSA) is 112 Å². The quantitative estimate of drug-likeness (QED) is 0.407. The predicted octanol–water partition coefficient (Wildman–Crippen LogP) is 0.205. The summed E-state index contributed by atoms with van der Waals surface area (Å²) in [6, 6.07) is 4.17. The third-order valence-electron chi connectivity index (χ3n) is 1.67. The Morgan fingerprint density at radius 2 is 2.14 bits per heavy atom. The Morgan fingerprint density at radius 1 is 1.50 bits per heavy atom. The fraction of sp³-hybridized carbons (Fsp3) is 0.125. The first kappa shape index (κ1) is 9.97. The van der Waals surface area contributed by atoms with Gasteiger partial charge in [0.25, 0.3) is 5.69 Å². The number of anilines is 1. The number of carbonyl (C=O) groups excluding carboxylic acids is 1. The van der Waals surface area contributed by atoms with E-state index in [0.717, 1.165) is 0 Å². The molecule has 0 aliphatic rings. The molecule has 4 N–H and O–H groups in total. The summed E-state index contributed by atoms with van der Waals surface area (Å²) in [7, 11) is 0. The van der Waals surface area contributed by atoms with Gasteiger partial charge in [-0.05, 0) is 11.6 Å². The lowest BCUT2D eigenvalue weighted by Gasteiger charge is -2.00. The maximum absolute atomic E-state index is 10.6. The van der Waals surface area contributed by atoms with Crippen molar-refractivity contribution in [3.05, 3.63) is 33.9 Å². The highest BCUT2D eigenvalue weighted by atomic mass is 16.6. The molecule has 0 fully saturated rings. The standard InChI is InChI=1S/C8H9N3O3/c9-6-2-1-5(4-8(10)12)3-7(6)11(13)14/h1-3H,4,9H2,(H2,10,12). The molecule has 1 amide bonds. The molecule has 0 heterocycles. The molecule has 14 heavy (non-hydrogen) atoms. The number of nitrogen functional groups attached to an aromatic ring is 1. The lowest BCUT2D eigenvalue weighted by Crippen LogP contribution is -2.13. The molecule has 0 radical (unpaired) electrons. The average Bonchev–Trinajstić information content (AvgIpc) is 2.07. The number of benzene rings is 1. The van der Waals surface area contributed by atoms with Crippen LogP contribution in [0.4, 0.5) is 11.4 Å². The number of nitrogens with two attached hydrogens (primary N) is 2. The van der Waals surface area contributed by atoms with E-state index in [4.69, 9.17) is 11.5 Å². The van der Waals surface area contributed by atoms with Gasteiger partial charge in [0.2, 0.25) is 5.91 Å². The molecule has 74 valence electrons. The molecule has 0 aliphatic carbocycles. The Balaban J connectivity index is 3.06. The van der Waals surface area contributed by atoms with Crippen molar-refractivity contribution in [3.8, 4) is 0 Å². The number of nitrogens with zero attached hydrogens (tertiary/aromatic N) is 1. The van der Waals surface area contributed by atoms with Crippen molar-refractivity contribution in [2.45, 2.75) is 6.42 Å². The van der Waals surface area contributed by atoms with Crippen LogP contribution in [-0.4, -0.2) is 10.8 Å². The van der Waals surface area contributed by atoms with Crippen LogP contribution in [0.2, 0.25) is 0 Å². The molecule has 6 nitrogen and oxygen atoms in total. The summed E-state index contributed by atoms with van der Waals surface area (Å²) in [5, 5.41) is 10.5. The summed E-state index contributed by atoms with van der Waals surface area (Å²) in [5.41, 5.74) is 10.7. The number of nitro benzene ring substituents is 1. The van der Waals surface area contributed by atoms with Crippen LogP contribution in [-0.2, 0) is 11.2 Å². The molecular formula is C8H9N3O3. The lowest BCUT2D eigenvalue weighted by molar-refractivity contribution is -0.383. The molecule has 6 heteroatoms. The molecule has 1 aromatic rings. The molecule has 0 aliphatic heterocycles. The van der Waals surface area contributed by atoms with Gasteiger partial charge in [-0.2, -0.15) is 0 Å². The maximum atomic E-state index is 10.6. The Morgan fingerprint density at radius 3 is 2.64 bits per heavy atom. The fourth-order valence-electron chi connectivity index (χ4n) is 1.06. The summed E-state index contributed by atoms with van der Waals surface area (Å²) in [6.07, 6.45) is -0.0267. The van der Waals surface area contributed by atoms with E-state index >= 15 is 0 Å². The number of nitro groups is 1. The van der Waals surface area contributed by atoms with Crippen molar-refractivity contribution in [1.29, 1.82) is 0 Å². The third kappa shape index (κ3) is 2.19. The normalized spacial score (nSPS) is 9.71. The molecule has 0 spiro atoms. The maximum Gasteiger partial charge on any atom is 0.292 e. The van der Waals surface area contributed by atoms with Crippen molar-refractivity contribution in [2.24, 2.45) is 5.73 Å². The minimum absolute atomic E-state index is 0.0267. The van der Waals surface area contributed by atoms with Crippen LogP contribution in [0, 0.1) is 10.1 Å². The van der Waals surface area contributed by atoms with Crippen LogP contribution in [0.1, 0.15) is 5.56 Å². The van der Waals surface area contributed by atoms with Gasteiger partial charge in [-0.25, -0.2) is 0 Å². The van der Waals surface area contributed by atoms with E-state index in [9.17, 15) is 14.9 Å². The molecule has 0 bridgehead atoms. The smallest absolute Gasteiger partial charge is 0.292 e. The Bertz CT molecular complexity index is 389. The van der Waals surface area contributed by atoms with E-state index in [0.29, 0.717) is 5.56 Å². The first-order valence-electron chi connectivity index (χ1n) is 3.82. The lowest BCUT2D eigenvalue weighted by atomic mass is 10.1. The minimum atomic E-state index is -0.597. The Hall–Kier alpha value is -2.11.